The molecule has 1 amide bonds. The van der Waals surface area contributed by atoms with Gasteiger partial charge in [0.2, 0.25) is 5.91 Å². The molecule has 3 N–H and O–H groups in total. The van der Waals surface area contributed by atoms with E-state index in [4.69, 9.17) is 5.73 Å². The van der Waals surface area contributed by atoms with Crippen molar-refractivity contribution in [3.63, 3.8) is 0 Å². The molecule has 1 aromatic rings. The van der Waals surface area contributed by atoms with Crippen molar-refractivity contribution >= 4 is 17.7 Å². The summed E-state index contributed by atoms with van der Waals surface area (Å²) in [5, 5.41) is 2.98. The van der Waals surface area contributed by atoms with Crippen LogP contribution in [0.1, 0.15) is 31.7 Å². The van der Waals surface area contributed by atoms with Gasteiger partial charge in [-0.25, -0.2) is 0 Å². The van der Waals surface area contributed by atoms with Crippen LogP contribution in [0.25, 0.3) is 6.08 Å². The first-order valence-corrected chi connectivity index (χ1v) is 6.47. The summed E-state index contributed by atoms with van der Waals surface area (Å²) >= 11 is 0. The van der Waals surface area contributed by atoms with E-state index in [2.05, 4.69) is 12.2 Å². The van der Waals surface area contributed by atoms with Crippen LogP contribution in [0, 0.1) is 5.92 Å². The lowest BCUT2D eigenvalue weighted by Gasteiger charge is -2.11. The molecule has 0 aliphatic heterocycles. The molecule has 1 aromatic carbocycles. The number of amides is 1. The second kappa shape index (κ2) is 5.71. The molecule has 1 atom stereocenters. The molecule has 0 spiro atoms. The Kier molecular flexibility index (Phi) is 4.03. The lowest BCUT2D eigenvalue weighted by Crippen LogP contribution is -2.31. The van der Waals surface area contributed by atoms with Gasteiger partial charge in [0.25, 0.3) is 0 Å². The summed E-state index contributed by atoms with van der Waals surface area (Å²) in [4.78, 5) is 11.7. The van der Waals surface area contributed by atoms with E-state index in [1.165, 1.54) is 12.8 Å². The fraction of sp³-hybridized carbons (Fsp3) is 0.400. The van der Waals surface area contributed by atoms with Gasteiger partial charge in [0.15, 0.2) is 0 Å². The number of carbonyl (C=O) groups is 1. The van der Waals surface area contributed by atoms with E-state index in [0.29, 0.717) is 5.69 Å². The van der Waals surface area contributed by atoms with E-state index in [9.17, 15) is 4.79 Å². The predicted octanol–water partition coefficient (Wildman–Crippen LogP) is 2.59. The van der Waals surface area contributed by atoms with E-state index < -0.39 is 0 Å². The summed E-state index contributed by atoms with van der Waals surface area (Å²) in [5.74, 6) is 0.795. The summed E-state index contributed by atoms with van der Waals surface area (Å²) < 4.78 is 0. The summed E-state index contributed by atoms with van der Waals surface area (Å²) in [6.07, 6.45) is 7.09. The van der Waals surface area contributed by atoms with Crippen molar-refractivity contribution in [2.45, 2.75) is 32.2 Å². The molecule has 1 unspecified atom stereocenters. The Hall–Kier alpha value is -1.77. The standard InChI is InChI=1S/C15H20N2O/c1-11(9-13-5-6-13)17-15(18)8-7-12-3-2-4-14(16)10-12/h2-4,7-8,10-11,13H,5-6,9,16H2,1H3,(H,17,18)/b8-7+. The van der Waals surface area contributed by atoms with Gasteiger partial charge in [0.1, 0.15) is 0 Å². The van der Waals surface area contributed by atoms with Crippen molar-refractivity contribution in [2.75, 3.05) is 5.73 Å². The molecule has 1 aliphatic rings. The highest BCUT2D eigenvalue weighted by atomic mass is 16.1. The minimum Gasteiger partial charge on any atom is -0.399 e. The predicted molar refractivity (Wildman–Crippen MR) is 74.8 cm³/mol. The molecule has 1 fully saturated rings. The quantitative estimate of drug-likeness (QED) is 0.618. The number of hydrogen-bond acceptors (Lipinski definition) is 2. The number of benzene rings is 1. The maximum Gasteiger partial charge on any atom is 0.244 e. The van der Waals surface area contributed by atoms with E-state index in [1.54, 1.807) is 12.2 Å². The maximum atomic E-state index is 11.7. The number of nitrogens with two attached hydrogens (primary N) is 1. The normalized spacial score (nSPS) is 16.7. The molecule has 3 nitrogen and oxygen atoms in total. The maximum absolute atomic E-state index is 11.7. The van der Waals surface area contributed by atoms with Gasteiger partial charge in [0, 0.05) is 17.8 Å². The van der Waals surface area contributed by atoms with E-state index in [-0.39, 0.29) is 11.9 Å². The van der Waals surface area contributed by atoms with Crippen molar-refractivity contribution < 1.29 is 4.79 Å². The lowest BCUT2D eigenvalue weighted by molar-refractivity contribution is -0.117. The van der Waals surface area contributed by atoms with Crippen LogP contribution in [0.2, 0.25) is 0 Å². The van der Waals surface area contributed by atoms with Gasteiger partial charge in [-0.3, -0.25) is 4.79 Å². The molecule has 0 heterocycles. The van der Waals surface area contributed by atoms with Crippen molar-refractivity contribution in [2.24, 2.45) is 5.92 Å². The summed E-state index contributed by atoms with van der Waals surface area (Å²) in [7, 11) is 0. The van der Waals surface area contributed by atoms with Crippen LogP contribution in [0.4, 0.5) is 5.69 Å². The molecular weight excluding hydrogens is 224 g/mol. The zero-order valence-corrected chi connectivity index (χ0v) is 10.7. The van der Waals surface area contributed by atoms with Gasteiger partial charge in [-0.15, -0.1) is 0 Å². The molecule has 0 aromatic heterocycles. The average Bonchev–Trinajstić information content (AvgIpc) is 3.10. The summed E-state index contributed by atoms with van der Waals surface area (Å²) in [5.41, 5.74) is 7.33. The third-order valence-electron chi connectivity index (χ3n) is 3.11. The van der Waals surface area contributed by atoms with Crippen LogP contribution in [-0.4, -0.2) is 11.9 Å². The Balaban J connectivity index is 1.82. The van der Waals surface area contributed by atoms with Gasteiger partial charge >= 0.3 is 0 Å². The monoisotopic (exact) mass is 244 g/mol. The first-order valence-electron chi connectivity index (χ1n) is 6.47. The summed E-state index contributed by atoms with van der Waals surface area (Å²) in [6, 6.07) is 7.73. The first-order chi connectivity index (χ1) is 8.63. The smallest absolute Gasteiger partial charge is 0.244 e. The second-order valence-corrected chi connectivity index (χ2v) is 5.09. The highest BCUT2D eigenvalue weighted by Crippen LogP contribution is 2.33. The highest BCUT2D eigenvalue weighted by molar-refractivity contribution is 5.92. The third-order valence-corrected chi connectivity index (χ3v) is 3.11. The number of rotatable bonds is 5. The number of anilines is 1. The molecule has 0 saturated heterocycles. The zero-order valence-electron chi connectivity index (χ0n) is 10.7. The number of nitrogens with one attached hydrogen (secondary N) is 1. The van der Waals surface area contributed by atoms with Crippen molar-refractivity contribution in [3.05, 3.63) is 35.9 Å². The second-order valence-electron chi connectivity index (χ2n) is 5.09. The number of carbonyl (C=O) groups excluding carboxylic acids is 1. The molecule has 3 heteroatoms. The van der Waals surface area contributed by atoms with Crippen molar-refractivity contribution in [1.29, 1.82) is 0 Å². The Morgan fingerprint density at radius 3 is 3.00 bits per heavy atom. The Bertz CT molecular complexity index is 450. The molecule has 0 radical (unpaired) electrons. The van der Waals surface area contributed by atoms with Crippen LogP contribution < -0.4 is 11.1 Å². The van der Waals surface area contributed by atoms with Gasteiger partial charge in [-0.2, -0.15) is 0 Å². The Labute approximate surface area is 108 Å². The van der Waals surface area contributed by atoms with Gasteiger partial charge in [0.05, 0.1) is 0 Å². The fourth-order valence-electron chi connectivity index (χ4n) is 2.04. The Morgan fingerprint density at radius 2 is 2.33 bits per heavy atom. The van der Waals surface area contributed by atoms with Gasteiger partial charge in [-0.05, 0) is 43.0 Å². The molecule has 1 saturated carbocycles. The van der Waals surface area contributed by atoms with Gasteiger partial charge in [-0.1, -0.05) is 25.0 Å². The lowest BCUT2D eigenvalue weighted by atomic mass is 10.1. The van der Waals surface area contributed by atoms with E-state index in [1.807, 2.05) is 24.3 Å². The largest absolute Gasteiger partial charge is 0.399 e. The van der Waals surface area contributed by atoms with Gasteiger partial charge < -0.3 is 11.1 Å². The van der Waals surface area contributed by atoms with E-state index >= 15 is 0 Å². The Morgan fingerprint density at radius 1 is 1.56 bits per heavy atom. The van der Waals surface area contributed by atoms with Crippen LogP contribution in [0.3, 0.4) is 0 Å². The minimum absolute atomic E-state index is 0.0365. The topological polar surface area (TPSA) is 55.1 Å². The molecule has 18 heavy (non-hydrogen) atoms. The molecular formula is C15H20N2O. The van der Waals surface area contributed by atoms with E-state index in [0.717, 1.165) is 17.9 Å². The van der Waals surface area contributed by atoms with Crippen LogP contribution in [0.5, 0.6) is 0 Å². The average molecular weight is 244 g/mol. The minimum atomic E-state index is -0.0365. The van der Waals surface area contributed by atoms with Crippen LogP contribution in [0.15, 0.2) is 30.3 Å². The zero-order chi connectivity index (χ0) is 13.0. The first kappa shape index (κ1) is 12.7. The summed E-state index contributed by atoms with van der Waals surface area (Å²) in [6.45, 7) is 2.06. The molecule has 0 bridgehead atoms. The van der Waals surface area contributed by atoms with Crippen molar-refractivity contribution in [1.82, 2.24) is 5.32 Å². The van der Waals surface area contributed by atoms with Crippen molar-refractivity contribution in [3.8, 4) is 0 Å². The highest BCUT2D eigenvalue weighted by Gasteiger charge is 2.23. The molecule has 1 aliphatic carbocycles. The van der Waals surface area contributed by atoms with Crippen LogP contribution >= 0.6 is 0 Å². The van der Waals surface area contributed by atoms with Crippen LogP contribution in [-0.2, 0) is 4.79 Å². The molecule has 96 valence electrons. The molecule has 2 rings (SSSR count). The fourth-order valence-corrected chi connectivity index (χ4v) is 2.04. The number of hydrogen-bond donors (Lipinski definition) is 2. The third kappa shape index (κ3) is 4.24. The SMILES string of the molecule is CC(CC1CC1)NC(=O)/C=C/c1cccc(N)c1. The number of nitrogen functional groups attached to an aromatic ring is 1.